The zero-order valence-electron chi connectivity index (χ0n) is 16.1. The van der Waals surface area contributed by atoms with E-state index in [4.69, 9.17) is 4.74 Å². The molecule has 0 radical (unpaired) electrons. The van der Waals surface area contributed by atoms with Crippen molar-refractivity contribution in [3.8, 4) is 0 Å². The number of benzene rings is 1. The molecule has 0 saturated heterocycles. The van der Waals surface area contributed by atoms with Gasteiger partial charge in [-0.1, -0.05) is 51.1 Å². The molecule has 1 aliphatic rings. The van der Waals surface area contributed by atoms with Gasteiger partial charge in [-0.25, -0.2) is 0 Å². The SMILES string of the molecule is CC(C)(C)CCC(=O)N1CCn2nc(COCc3ccccc3)cc2C1. The molecule has 1 aromatic heterocycles. The van der Waals surface area contributed by atoms with Gasteiger partial charge < -0.3 is 9.64 Å². The molecule has 0 spiro atoms. The van der Waals surface area contributed by atoms with Crippen LogP contribution in [0.5, 0.6) is 0 Å². The zero-order chi connectivity index (χ0) is 18.6. The maximum Gasteiger partial charge on any atom is 0.223 e. The minimum absolute atomic E-state index is 0.191. The van der Waals surface area contributed by atoms with Crippen molar-refractivity contribution in [3.63, 3.8) is 0 Å². The van der Waals surface area contributed by atoms with E-state index in [0.717, 1.165) is 36.5 Å². The Morgan fingerprint density at radius 1 is 1.15 bits per heavy atom. The van der Waals surface area contributed by atoms with Crippen LogP contribution in [-0.2, 0) is 35.8 Å². The van der Waals surface area contributed by atoms with Crippen molar-refractivity contribution in [1.82, 2.24) is 14.7 Å². The van der Waals surface area contributed by atoms with Crippen molar-refractivity contribution in [1.29, 1.82) is 0 Å². The van der Waals surface area contributed by atoms with Gasteiger partial charge in [-0.2, -0.15) is 5.10 Å². The van der Waals surface area contributed by atoms with Crippen LogP contribution in [-0.4, -0.2) is 27.1 Å². The maximum absolute atomic E-state index is 12.5. The van der Waals surface area contributed by atoms with Gasteiger partial charge in [-0.3, -0.25) is 9.48 Å². The summed E-state index contributed by atoms with van der Waals surface area (Å²) in [7, 11) is 0. The van der Waals surface area contributed by atoms with Crippen LogP contribution in [0.2, 0.25) is 0 Å². The Morgan fingerprint density at radius 3 is 2.65 bits per heavy atom. The Bertz CT molecular complexity index is 731. The van der Waals surface area contributed by atoms with Gasteiger partial charge in [0, 0.05) is 13.0 Å². The number of ether oxygens (including phenoxy) is 1. The Morgan fingerprint density at radius 2 is 1.92 bits per heavy atom. The topological polar surface area (TPSA) is 47.4 Å². The average Bonchev–Trinajstić information content (AvgIpc) is 3.01. The zero-order valence-corrected chi connectivity index (χ0v) is 16.1. The van der Waals surface area contributed by atoms with Crippen LogP contribution in [0.15, 0.2) is 36.4 Å². The highest BCUT2D eigenvalue weighted by molar-refractivity contribution is 5.76. The fraction of sp³-hybridized carbons (Fsp3) is 0.524. The van der Waals surface area contributed by atoms with Crippen LogP contribution >= 0.6 is 0 Å². The second kappa shape index (κ2) is 8.04. The Hall–Kier alpha value is -2.14. The van der Waals surface area contributed by atoms with Crippen LogP contribution in [0.1, 0.15) is 50.6 Å². The van der Waals surface area contributed by atoms with E-state index in [9.17, 15) is 4.79 Å². The van der Waals surface area contributed by atoms with Crippen molar-refractivity contribution in [2.45, 2.75) is 59.9 Å². The number of amides is 1. The summed E-state index contributed by atoms with van der Waals surface area (Å²) >= 11 is 0. The van der Waals surface area contributed by atoms with E-state index in [2.05, 4.69) is 44.1 Å². The lowest BCUT2D eigenvalue weighted by molar-refractivity contribution is -0.133. The molecular weight excluding hydrogens is 326 g/mol. The number of carbonyl (C=O) groups excluding carboxylic acids is 1. The lowest BCUT2D eigenvalue weighted by Gasteiger charge is -2.29. The molecule has 0 unspecified atom stereocenters. The van der Waals surface area contributed by atoms with Crippen LogP contribution < -0.4 is 0 Å². The van der Waals surface area contributed by atoms with Gasteiger partial charge in [0.15, 0.2) is 0 Å². The molecule has 140 valence electrons. The van der Waals surface area contributed by atoms with Gasteiger partial charge in [0.1, 0.15) is 0 Å². The molecule has 1 amide bonds. The van der Waals surface area contributed by atoms with Gasteiger partial charge in [0.2, 0.25) is 5.91 Å². The first-order chi connectivity index (χ1) is 12.4. The van der Waals surface area contributed by atoms with Crippen LogP contribution in [0.25, 0.3) is 0 Å². The monoisotopic (exact) mass is 355 g/mol. The Labute approximate surface area is 156 Å². The number of hydrogen-bond donors (Lipinski definition) is 0. The minimum atomic E-state index is 0.191. The second-order valence-corrected chi connectivity index (χ2v) is 8.20. The van der Waals surface area contributed by atoms with E-state index in [1.807, 2.05) is 27.8 Å². The van der Waals surface area contributed by atoms with Gasteiger partial charge >= 0.3 is 0 Å². The van der Waals surface area contributed by atoms with Crippen molar-refractivity contribution < 1.29 is 9.53 Å². The highest BCUT2D eigenvalue weighted by atomic mass is 16.5. The summed E-state index contributed by atoms with van der Waals surface area (Å²) in [5, 5.41) is 4.61. The van der Waals surface area contributed by atoms with E-state index in [0.29, 0.717) is 26.2 Å². The third-order valence-corrected chi connectivity index (χ3v) is 4.65. The van der Waals surface area contributed by atoms with E-state index >= 15 is 0 Å². The lowest BCUT2D eigenvalue weighted by atomic mass is 9.90. The molecule has 5 heteroatoms. The van der Waals surface area contributed by atoms with Crippen molar-refractivity contribution >= 4 is 5.91 Å². The third kappa shape index (κ3) is 5.18. The Kier molecular flexibility index (Phi) is 5.77. The van der Waals surface area contributed by atoms with Crippen molar-refractivity contribution in [3.05, 3.63) is 53.3 Å². The smallest absolute Gasteiger partial charge is 0.223 e. The normalized spacial score (nSPS) is 14.3. The number of aromatic nitrogens is 2. The van der Waals surface area contributed by atoms with Crippen molar-refractivity contribution in [2.75, 3.05) is 6.54 Å². The molecule has 2 aromatic rings. The Balaban J connectivity index is 1.51. The van der Waals surface area contributed by atoms with Crippen LogP contribution in [0.4, 0.5) is 0 Å². The van der Waals surface area contributed by atoms with Crippen LogP contribution in [0.3, 0.4) is 0 Å². The van der Waals surface area contributed by atoms with E-state index < -0.39 is 0 Å². The fourth-order valence-corrected chi connectivity index (χ4v) is 3.10. The summed E-state index contributed by atoms with van der Waals surface area (Å²) in [5.74, 6) is 0.245. The quantitative estimate of drug-likeness (QED) is 0.792. The first-order valence-electron chi connectivity index (χ1n) is 9.36. The molecule has 0 fully saturated rings. The molecular formula is C21H29N3O2. The first-order valence-corrected chi connectivity index (χ1v) is 9.36. The standard InChI is InChI=1S/C21H29N3O2/c1-21(2,3)10-9-20(25)23-11-12-24-19(14-23)13-18(22-24)16-26-15-17-7-5-4-6-8-17/h4-8,13H,9-12,14-16H2,1-3H3. The van der Waals surface area contributed by atoms with Gasteiger partial charge in [-0.05, 0) is 23.5 Å². The molecule has 2 heterocycles. The number of rotatable bonds is 6. The summed E-state index contributed by atoms with van der Waals surface area (Å²) in [4.78, 5) is 14.4. The summed E-state index contributed by atoms with van der Waals surface area (Å²) in [6.07, 6.45) is 1.53. The highest BCUT2D eigenvalue weighted by Crippen LogP contribution is 2.22. The molecule has 1 aliphatic heterocycles. The van der Waals surface area contributed by atoms with Crippen LogP contribution in [0, 0.1) is 5.41 Å². The number of hydrogen-bond acceptors (Lipinski definition) is 3. The largest absolute Gasteiger partial charge is 0.370 e. The predicted octanol–water partition coefficient (Wildman–Crippen LogP) is 3.77. The molecule has 0 bridgehead atoms. The predicted molar refractivity (Wildman–Crippen MR) is 101 cm³/mol. The molecule has 0 N–H and O–H groups in total. The van der Waals surface area contributed by atoms with E-state index in [-0.39, 0.29) is 11.3 Å². The third-order valence-electron chi connectivity index (χ3n) is 4.65. The molecule has 3 rings (SSSR count). The minimum Gasteiger partial charge on any atom is -0.370 e. The number of fused-ring (bicyclic) bond motifs is 1. The summed E-state index contributed by atoms with van der Waals surface area (Å²) in [5.41, 5.74) is 3.38. The van der Waals surface area contributed by atoms with Gasteiger partial charge in [0.05, 0.1) is 37.7 Å². The lowest BCUT2D eigenvalue weighted by Crippen LogP contribution is -2.38. The van der Waals surface area contributed by atoms with Crippen molar-refractivity contribution in [2.24, 2.45) is 5.41 Å². The summed E-state index contributed by atoms with van der Waals surface area (Å²) in [6.45, 7) is 9.74. The number of nitrogens with zero attached hydrogens (tertiary/aromatic N) is 3. The first kappa shape index (κ1) is 18.6. The molecule has 0 saturated carbocycles. The molecule has 1 aromatic carbocycles. The molecule has 0 atom stereocenters. The van der Waals surface area contributed by atoms with E-state index in [1.165, 1.54) is 0 Å². The summed E-state index contributed by atoms with van der Waals surface area (Å²) in [6, 6.07) is 12.2. The maximum atomic E-state index is 12.5. The van der Waals surface area contributed by atoms with Gasteiger partial charge in [0.25, 0.3) is 0 Å². The molecule has 5 nitrogen and oxygen atoms in total. The average molecular weight is 355 g/mol. The fourth-order valence-electron chi connectivity index (χ4n) is 3.10. The molecule has 26 heavy (non-hydrogen) atoms. The summed E-state index contributed by atoms with van der Waals surface area (Å²) < 4.78 is 7.79. The number of carbonyl (C=O) groups is 1. The molecule has 0 aliphatic carbocycles. The van der Waals surface area contributed by atoms with Gasteiger partial charge in [-0.15, -0.1) is 0 Å². The van der Waals surface area contributed by atoms with E-state index in [1.54, 1.807) is 0 Å². The second-order valence-electron chi connectivity index (χ2n) is 8.20. The highest BCUT2D eigenvalue weighted by Gasteiger charge is 2.23.